The Kier molecular flexibility index (Phi) is 4.35. The third-order valence-electron chi connectivity index (χ3n) is 1.54. The molecule has 0 saturated heterocycles. The van der Waals surface area contributed by atoms with Gasteiger partial charge in [-0.25, -0.2) is 4.79 Å². The first-order valence-corrected chi connectivity index (χ1v) is 5.57. The van der Waals surface area contributed by atoms with E-state index in [4.69, 9.17) is 4.74 Å². The summed E-state index contributed by atoms with van der Waals surface area (Å²) in [4.78, 5) is 10.9. The summed E-state index contributed by atoms with van der Waals surface area (Å²) in [5.74, 6) is -0.456. The fourth-order valence-corrected chi connectivity index (χ4v) is 2.26. The SMILES string of the molecule is C=CC(=O)OC(Br)c1ccccc1Br. The van der Waals surface area contributed by atoms with Gasteiger partial charge in [-0.3, -0.25) is 0 Å². The van der Waals surface area contributed by atoms with Crippen LogP contribution in [0.4, 0.5) is 0 Å². The Balaban J connectivity index is 2.79. The van der Waals surface area contributed by atoms with Gasteiger partial charge in [-0.2, -0.15) is 0 Å². The van der Waals surface area contributed by atoms with Gasteiger partial charge in [0.1, 0.15) is 0 Å². The fraction of sp³-hybridized carbons (Fsp3) is 0.100. The van der Waals surface area contributed by atoms with Crippen LogP contribution in [0.5, 0.6) is 0 Å². The number of hydrogen-bond donors (Lipinski definition) is 0. The molecule has 1 unspecified atom stereocenters. The zero-order chi connectivity index (χ0) is 10.6. The molecule has 4 heteroatoms. The molecule has 0 spiro atoms. The molecule has 74 valence electrons. The quantitative estimate of drug-likeness (QED) is 0.483. The van der Waals surface area contributed by atoms with Gasteiger partial charge in [-0.15, -0.1) is 0 Å². The van der Waals surface area contributed by atoms with E-state index in [2.05, 4.69) is 38.4 Å². The Morgan fingerprint density at radius 2 is 2.14 bits per heavy atom. The maximum atomic E-state index is 10.9. The summed E-state index contributed by atoms with van der Waals surface area (Å²) in [5, 5.41) is -0.455. The Hall–Kier alpha value is -0.610. The van der Waals surface area contributed by atoms with Crippen molar-refractivity contribution in [3.8, 4) is 0 Å². The van der Waals surface area contributed by atoms with Gasteiger partial charge in [-0.1, -0.05) is 40.7 Å². The molecule has 0 radical (unpaired) electrons. The number of carbonyl (C=O) groups is 1. The number of hydrogen-bond acceptors (Lipinski definition) is 2. The summed E-state index contributed by atoms with van der Waals surface area (Å²) >= 11 is 6.62. The normalized spacial score (nSPS) is 11.9. The molecule has 1 atom stereocenters. The molecule has 0 N–H and O–H groups in total. The lowest BCUT2D eigenvalue weighted by Crippen LogP contribution is -2.03. The van der Waals surface area contributed by atoms with Crippen molar-refractivity contribution in [2.24, 2.45) is 0 Å². The van der Waals surface area contributed by atoms with Gasteiger partial charge in [0.15, 0.2) is 5.01 Å². The number of alkyl halides is 1. The Morgan fingerprint density at radius 1 is 1.50 bits per heavy atom. The number of benzene rings is 1. The highest BCUT2D eigenvalue weighted by molar-refractivity contribution is 9.11. The molecule has 1 rings (SSSR count). The minimum Gasteiger partial charge on any atom is -0.443 e. The van der Waals surface area contributed by atoms with Crippen LogP contribution in [-0.4, -0.2) is 5.97 Å². The van der Waals surface area contributed by atoms with E-state index in [1.165, 1.54) is 0 Å². The zero-order valence-corrected chi connectivity index (χ0v) is 10.4. The van der Waals surface area contributed by atoms with Crippen molar-refractivity contribution < 1.29 is 9.53 Å². The summed E-state index contributed by atoms with van der Waals surface area (Å²) < 4.78 is 5.88. The molecular formula is C10H8Br2O2. The highest BCUT2D eigenvalue weighted by Gasteiger charge is 2.13. The summed E-state index contributed by atoms with van der Waals surface area (Å²) in [6, 6.07) is 7.50. The molecule has 14 heavy (non-hydrogen) atoms. The highest BCUT2D eigenvalue weighted by atomic mass is 79.9. The van der Waals surface area contributed by atoms with Crippen molar-refractivity contribution in [3.63, 3.8) is 0 Å². The van der Waals surface area contributed by atoms with E-state index in [0.29, 0.717) is 0 Å². The second kappa shape index (κ2) is 5.32. The second-order valence-corrected chi connectivity index (χ2v) is 4.16. The van der Waals surface area contributed by atoms with Crippen LogP contribution in [0, 0.1) is 0 Å². The maximum Gasteiger partial charge on any atom is 0.331 e. The van der Waals surface area contributed by atoms with Crippen LogP contribution in [0.2, 0.25) is 0 Å². The van der Waals surface area contributed by atoms with Crippen LogP contribution >= 0.6 is 31.9 Å². The van der Waals surface area contributed by atoms with Gasteiger partial charge in [0.05, 0.1) is 0 Å². The predicted octanol–water partition coefficient (Wildman–Crippen LogP) is 3.57. The number of carbonyl (C=O) groups excluding carboxylic acids is 1. The highest BCUT2D eigenvalue weighted by Crippen LogP contribution is 2.30. The minimum atomic E-state index is -0.456. The molecule has 1 aromatic rings. The summed E-state index contributed by atoms with van der Waals surface area (Å²) in [5.41, 5.74) is 0.864. The third kappa shape index (κ3) is 2.96. The van der Waals surface area contributed by atoms with Gasteiger partial charge in [-0.05, 0) is 22.0 Å². The van der Waals surface area contributed by atoms with E-state index in [-0.39, 0.29) is 0 Å². The first-order chi connectivity index (χ1) is 6.65. The largest absolute Gasteiger partial charge is 0.443 e. The van der Waals surface area contributed by atoms with Crippen LogP contribution in [0.3, 0.4) is 0 Å². The average molecular weight is 320 g/mol. The molecule has 0 heterocycles. The van der Waals surface area contributed by atoms with E-state index in [9.17, 15) is 4.79 Å². The molecule has 0 fully saturated rings. The van der Waals surface area contributed by atoms with Crippen LogP contribution in [0.1, 0.15) is 10.6 Å². The lowest BCUT2D eigenvalue weighted by molar-refractivity contribution is -0.139. The Labute approximate surface area is 99.2 Å². The van der Waals surface area contributed by atoms with Crippen molar-refractivity contribution in [2.45, 2.75) is 5.01 Å². The maximum absolute atomic E-state index is 10.9. The number of ether oxygens (including phenoxy) is 1. The lowest BCUT2D eigenvalue weighted by atomic mass is 10.2. The monoisotopic (exact) mass is 318 g/mol. The fourth-order valence-electron chi connectivity index (χ4n) is 0.873. The molecule has 0 amide bonds. The smallest absolute Gasteiger partial charge is 0.331 e. The standard InChI is InChI=1S/C10H8Br2O2/c1-2-9(13)14-10(12)7-5-3-4-6-8(7)11/h2-6,10H,1H2. The van der Waals surface area contributed by atoms with Crippen molar-refractivity contribution in [2.75, 3.05) is 0 Å². The van der Waals surface area contributed by atoms with E-state index in [1.54, 1.807) is 0 Å². The Morgan fingerprint density at radius 3 is 2.71 bits per heavy atom. The molecule has 0 aliphatic carbocycles. The molecule has 0 saturated carbocycles. The molecular weight excluding hydrogens is 312 g/mol. The van der Waals surface area contributed by atoms with Crippen LogP contribution in [-0.2, 0) is 9.53 Å². The van der Waals surface area contributed by atoms with E-state index in [0.717, 1.165) is 16.1 Å². The van der Waals surface area contributed by atoms with E-state index in [1.807, 2.05) is 24.3 Å². The van der Waals surface area contributed by atoms with Crippen molar-refractivity contribution in [1.29, 1.82) is 0 Å². The molecule has 0 bridgehead atoms. The van der Waals surface area contributed by atoms with Crippen molar-refractivity contribution in [1.82, 2.24) is 0 Å². The third-order valence-corrected chi connectivity index (χ3v) is 2.94. The minimum absolute atomic E-state index is 0.455. The van der Waals surface area contributed by atoms with Crippen LogP contribution in [0.15, 0.2) is 41.4 Å². The first kappa shape index (κ1) is 11.5. The predicted molar refractivity (Wildman–Crippen MR) is 62.1 cm³/mol. The molecule has 0 aliphatic heterocycles. The number of rotatable bonds is 3. The summed E-state index contributed by atoms with van der Waals surface area (Å²) in [7, 11) is 0. The van der Waals surface area contributed by atoms with E-state index >= 15 is 0 Å². The van der Waals surface area contributed by atoms with Gasteiger partial charge >= 0.3 is 5.97 Å². The molecule has 0 aromatic heterocycles. The average Bonchev–Trinajstić information content (AvgIpc) is 2.18. The number of esters is 1. The van der Waals surface area contributed by atoms with Gasteiger partial charge in [0.25, 0.3) is 0 Å². The van der Waals surface area contributed by atoms with Gasteiger partial charge < -0.3 is 4.74 Å². The van der Waals surface area contributed by atoms with Gasteiger partial charge in [0, 0.05) is 16.1 Å². The van der Waals surface area contributed by atoms with E-state index < -0.39 is 11.0 Å². The summed E-state index contributed by atoms with van der Waals surface area (Å²) in [6.07, 6.45) is 1.13. The first-order valence-electron chi connectivity index (χ1n) is 3.86. The van der Waals surface area contributed by atoms with Gasteiger partial charge in [0.2, 0.25) is 0 Å². The van der Waals surface area contributed by atoms with Crippen LogP contribution in [0.25, 0.3) is 0 Å². The van der Waals surface area contributed by atoms with Crippen LogP contribution < -0.4 is 0 Å². The zero-order valence-electron chi connectivity index (χ0n) is 7.24. The topological polar surface area (TPSA) is 26.3 Å². The lowest BCUT2D eigenvalue weighted by Gasteiger charge is -2.11. The molecule has 0 aliphatic rings. The Bertz CT molecular complexity index is 350. The second-order valence-electron chi connectivity index (χ2n) is 2.48. The molecule has 2 nitrogen and oxygen atoms in total. The molecule has 1 aromatic carbocycles. The number of halogens is 2. The van der Waals surface area contributed by atoms with Crippen molar-refractivity contribution >= 4 is 37.8 Å². The van der Waals surface area contributed by atoms with Crippen molar-refractivity contribution in [3.05, 3.63) is 47.0 Å². The summed E-state index contributed by atoms with van der Waals surface area (Å²) in [6.45, 7) is 3.32.